The van der Waals surface area contributed by atoms with E-state index in [2.05, 4.69) is 27.0 Å². The minimum atomic E-state index is 0.235. The summed E-state index contributed by atoms with van der Waals surface area (Å²) in [4.78, 5) is 0. The minimum Gasteiger partial charge on any atom is -0.396 e. The highest BCUT2D eigenvalue weighted by molar-refractivity contribution is 5.19. The van der Waals surface area contributed by atoms with Crippen LogP contribution in [0.5, 0.6) is 0 Å². The van der Waals surface area contributed by atoms with Crippen LogP contribution in [0.1, 0.15) is 39.5 Å². The third-order valence-electron chi connectivity index (χ3n) is 4.84. The van der Waals surface area contributed by atoms with E-state index in [1.54, 1.807) is 0 Å². The Balaban J connectivity index is 2.12. The van der Waals surface area contributed by atoms with Crippen LogP contribution in [-0.4, -0.2) is 11.7 Å². The molecule has 0 aromatic heterocycles. The molecule has 2 rings (SSSR count). The summed E-state index contributed by atoms with van der Waals surface area (Å²) in [5.74, 6) is 1.76. The second-order valence-corrected chi connectivity index (χ2v) is 6.34. The van der Waals surface area contributed by atoms with Gasteiger partial charge in [-0.1, -0.05) is 38.2 Å². The molecule has 2 fully saturated rings. The van der Waals surface area contributed by atoms with Gasteiger partial charge in [0.2, 0.25) is 0 Å². The average Bonchev–Trinajstić information content (AvgIpc) is 2.21. The van der Waals surface area contributed by atoms with Crippen molar-refractivity contribution in [1.29, 1.82) is 0 Å². The van der Waals surface area contributed by atoms with Gasteiger partial charge in [0.15, 0.2) is 0 Å². The lowest BCUT2D eigenvalue weighted by atomic mass is 9.51. The second-order valence-electron chi connectivity index (χ2n) is 6.34. The Kier molecular flexibility index (Phi) is 3.00. The van der Waals surface area contributed by atoms with Gasteiger partial charge in [0.25, 0.3) is 0 Å². The van der Waals surface area contributed by atoms with Crippen molar-refractivity contribution in [3.05, 3.63) is 24.3 Å². The Hall–Kier alpha value is -0.560. The van der Waals surface area contributed by atoms with E-state index >= 15 is 0 Å². The molecule has 1 nitrogen and oxygen atoms in total. The van der Waals surface area contributed by atoms with Crippen LogP contribution in [0.2, 0.25) is 0 Å². The summed E-state index contributed by atoms with van der Waals surface area (Å²) in [6, 6.07) is 0. The van der Waals surface area contributed by atoms with E-state index in [9.17, 15) is 5.11 Å². The first-order valence-corrected chi connectivity index (χ1v) is 6.42. The average molecular weight is 220 g/mol. The van der Waals surface area contributed by atoms with E-state index in [0.717, 1.165) is 18.8 Å². The van der Waals surface area contributed by atoms with E-state index in [-0.39, 0.29) is 12.5 Å². The zero-order valence-electron chi connectivity index (χ0n) is 10.6. The van der Waals surface area contributed by atoms with Gasteiger partial charge in [-0.25, -0.2) is 0 Å². The summed E-state index contributed by atoms with van der Waals surface area (Å²) in [7, 11) is 0. The molecule has 0 unspecified atom stereocenters. The lowest BCUT2D eigenvalue weighted by Gasteiger charge is -2.54. The molecule has 2 aliphatic rings. The van der Waals surface area contributed by atoms with Crippen molar-refractivity contribution in [2.24, 2.45) is 23.2 Å². The fourth-order valence-corrected chi connectivity index (χ4v) is 3.62. The first-order chi connectivity index (χ1) is 7.45. The third-order valence-corrected chi connectivity index (χ3v) is 4.84. The van der Waals surface area contributed by atoms with Crippen molar-refractivity contribution in [2.45, 2.75) is 39.5 Å². The van der Waals surface area contributed by atoms with Crippen LogP contribution >= 0.6 is 0 Å². The van der Waals surface area contributed by atoms with Crippen LogP contribution in [-0.2, 0) is 0 Å². The maximum Gasteiger partial charge on any atom is 0.0499 e. The molecule has 1 N–H and O–H groups in total. The van der Waals surface area contributed by atoms with Crippen molar-refractivity contribution < 1.29 is 5.11 Å². The number of fused-ring (bicyclic) bond motifs is 1. The second kappa shape index (κ2) is 4.03. The Morgan fingerprint density at radius 2 is 2.00 bits per heavy atom. The highest BCUT2D eigenvalue weighted by Crippen LogP contribution is 2.57. The zero-order valence-corrected chi connectivity index (χ0v) is 10.6. The molecular formula is C15H24O. The van der Waals surface area contributed by atoms with Gasteiger partial charge in [-0.2, -0.15) is 0 Å². The molecule has 0 heterocycles. The summed E-state index contributed by atoms with van der Waals surface area (Å²) < 4.78 is 0. The van der Waals surface area contributed by atoms with Gasteiger partial charge in [0.05, 0.1) is 0 Å². The van der Waals surface area contributed by atoms with Gasteiger partial charge in [-0.15, -0.1) is 0 Å². The molecule has 16 heavy (non-hydrogen) atoms. The summed E-state index contributed by atoms with van der Waals surface area (Å²) in [6.07, 6.45) is 4.54. The topological polar surface area (TPSA) is 20.2 Å². The Labute approximate surface area is 99.3 Å². The fraction of sp³-hybridized carbons (Fsp3) is 0.733. The number of hydrogen-bond acceptors (Lipinski definition) is 1. The van der Waals surface area contributed by atoms with Crippen LogP contribution in [0.25, 0.3) is 0 Å². The van der Waals surface area contributed by atoms with E-state index in [1.807, 2.05) is 0 Å². The normalized spacial score (nSPS) is 38.3. The number of rotatable bonds is 1. The largest absolute Gasteiger partial charge is 0.396 e. The molecule has 90 valence electrons. The molecule has 0 bridgehead atoms. The zero-order chi connectivity index (χ0) is 11.9. The molecule has 2 aliphatic carbocycles. The molecule has 0 aromatic carbocycles. The molecule has 0 saturated heterocycles. The molecule has 0 radical (unpaired) electrons. The van der Waals surface area contributed by atoms with Gasteiger partial charge in [-0.3, -0.25) is 0 Å². The van der Waals surface area contributed by atoms with E-state index in [0.29, 0.717) is 11.3 Å². The number of aliphatic hydroxyl groups excluding tert-OH is 1. The number of allylic oxidation sites excluding steroid dienone is 1. The monoisotopic (exact) mass is 220 g/mol. The van der Waals surface area contributed by atoms with E-state index in [4.69, 9.17) is 0 Å². The maximum atomic E-state index is 9.37. The number of hydrogen-bond donors (Lipinski definition) is 1. The quantitative estimate of drug-likeness (QED) is 0.670. The molecule has 2 saturated carbocycles. The van der Waals surface area contributed by atoms with Crippen LogP contribution in [0.15, 0.2) is 24.3 Å². The minimum absolute atomic E-state index is 0.235. The Bertz CT molecular complexity index is 313. The fourth-order valence-electron chi connectivity index (χ4n) is 3.62. The van der Waals surface area contributed by atoms with Crippen molar-refractivity contribution in [3.63, 3.8) is 0 Å². The van der Waals surface area contributed by atoms with Crippen LogP contribution in [0, 0.1) is 23.2 Å². The first-order valence-electron chi connectivity index (χ1n) is 6.42. The summed E-state index contributed by atoms with van der Waals surface area (Å²) in [5, 5.41) is 9.37. The lowest BCUT2D eigenvalue weighted by molar-refractivity contribution is -0.00195. The highest BCUT2D eigenvalue weighted by atomic mass is 16.3. The van der Waals surface area contributed by atoms with Gasteiger partial charge in [0.1, 0.15) is 0 Å². The predicted molar refractivity (Wildman–Crippen MR) is 68.1 cm³/mol. The summed E-state index contributed by atoms with van der Waals surface area (Å²) >= 11 is 0. The molecule has 0 amide bonds. The first kappa shape index (κ1) is 11.9. The Morgan fingerprint density at radius 1 is 1.31 bits per heavy atom. The van der Waals surface area contributed by atoms with Gasteiger partial charge in [0, 0.05) is 12.5 Å². The molecule has 3 atom stereocenters. The Morgan fingerprint density at radius 3 is 2.56 bits per heavy atom. The smallest absolute Gasteiger partial charge is 0.0499 e. The third kappa shape index (κ3) is 1.86. The molecule has 0 spiro atoms. The van der Waals surface area contributed by atoms with Crippen LogP contribution < -0.4 is 0 Å². The van der Waals surface area contributed by atoms with E-state index < -0.39 is 0 Å². The SMILES string of the molecule is C=C1CC[C@@H]2[C@H](CC2(C)C)C(=C)C[C@H]1CO. The summed E-state index contributed by atoms with van der Waals surface area (Å²) in [5.41, 5.74) is 3.06. The predicted octanol–water partition coefficient (Wildman–Crippen LogP) is 3.55. The van der Waals surface area contributed by atoms with Gasteiger partial charge >= 0.3 is 0 Å². The van der Waals surface area contributed by atoms with Crippen molar-refractivity contribution in [3.8, 4) is 0 Å². The van der Waals surface area contributed by atoms with Crippen molar-refractivity contribution >= 4 is 0 Å². The maximum absolute atomic E-state index is 9.37. The molecular weight excluding hydrogens is 196 g/mol. The lowest BCUT2D eigenvalue weighted by Crippen LogP contribution is -2.45. The summed E-state index contributed by atoms with van der Waals surface area (Å²) in [6.45, 7) is 13.4. The van der Waals surface area contributed by atoms with Crippen LogP contribution in [0.4, 0.5) is 0 Å². The molecule has 1 heteroatoms. The standard InChI is InChI=1S/C15H24O/c1-10-5-6-14-13(8-15(14,3)4)11(2)7-12(10)9-16/h12-14,16H,1-2,5-9H2,3-4H3/t12-,13+,14+/m0/s1. The van der Waals surface area contributed by atoms with Gasteiger partial charge < -0.3 is 5.11 Å². The molecule has 0 aromatic rings. The van der Waals surface area contributed by atoms with Gasteiger partial charge in [-0.05, 0) is 42.9 Å². The molecule has 0 aliphatic heterocycles. The van der Waals surface area contributed by atoms with Crippen molar-refractivity contribution in [2.75, 3.05) is 6.61 Å². The van der Waals surface area contributed by atoms with Crippen molar-refractivity contribution in [1.82, 2.24) is 0 Å². The van der Waals surface area contributed by atoms with Crippen LogP contribution in [0.3, 0.4) is 0 Å². The highest BCUT2D eigenvalue weighted by Gasteiger charge is 2.48. The number of aliphatic hydroxyl groups is 1. The van der Waals surface area contributed by atoms with E-state index in [1.165, 1.54) is 24.0 Å².